The first kappa shape index (κ1) is 22.7. The molecule has 172 valence electrons. The van der Waals surface area contributed by atoms with Crippen molar-refractivity contribution in [1.29, 1.82) is 0 Å². The summed E-state index contributed by atoms with van der Waals surface area (Å²) in [7, 11) is 0. The molecule has 3 aliphatic rings. The lowest BCUT2D eigenvalue weighted by atomic mass is 9.74. The molecule has 0 amide bonds. The van der Waals surface area contributed by atoms with Crippen molar-refractivity contribution < 1.29 is 28.9 Å². The van der Waals surface area contributed by atoms with Crippen LogP contribution in [-0.4, -0.2) is 47.1 Å². The molecule has 4 rings (SSSR count). The summed E-state index contributed by atoms with van der Waals surface area (Å²) in [4.78, 5) is 24.9. The van der Waals surface area contributed by atoms with Crippen LogP contribution in [-0.2, 0) is 23.8 Å². The summed E-state index contributed by atoms with van der Waals surface area (Å²) in [5.41, 5.74) is 1.72. The van der Waals surface area contributed by atoms with E-state index >= 15 is 0 Å². The van der Waals surface area contributed by atoms with Crippen LogP contribution in [0.1, 0.15) is 52.5 Å². The van der Waals surface area contributed by atoms with Crippen LogP contribution in [0, 0.1) is 11.8 Å². The SMILES string of the molecule is CC1=C2[C@@H](CC1)[C@]1(C)O[C@@](C(C)C)(C[C@H]1OC(=O)CO)[C@H]2OC(=O)/C=C/c1ccccc1. The molecule has 0 spiro atoms. The van der Waals surface area contributed by atoms with Crippen molar-refractivity contribution in [2.45, 2.75) is 70.4 Å². The van der Waals surface area contributed by atoms with E-state index in [1.165, 1.54) is 11.6 Å². The molecule has 2 heterocycles. The van der Waals surface area contributed by atoms with Gasteiger partial charge in [-0.2, -0.15) is 0 Å². The highest BCUT2D eigenvalue weighted by molar-refractivity contribution is 5.87. The highest BCUT2D eigenvalue weighted by atomic mass is 16.6. The van der Waals surface area contributed by atoms with Crippen molar-refractivity contribution in [2.75, 3.05) is 6.61 Å². The number of allylic oxidation sites excluding steroid dienone is 1. The van der Waals surface area contributed by atoms with Crippen molar-refractivity contribution in [3.05, 3.63) is 53.1 Å². The van der Waals surface area contributed by atoms with Gasteiger partial charge in [-0.25, -0.2) is 9.59 Å². The lowest BCUT2D eigenvalue weighted by Crippen LogP contribution is -2.58. The van der Waals surface area contributed by atoms with Crippen LogP contribution >= 0.6 is 0 Å². The zero-order valence-electron chi connectivity index (χ0n) is 19.2. The molecule has 0 unspecified atom stereocenters. The quantitative estimate of drug-likeness (QED) is 0.411. The van der Waals surface area contributed by atoms with E-state index in [0.717, 1.165) is 24.0 Å². The van der Waals surface area contributed by atoms with Crippen LogP contribution in [0.3, 0.4) is 0 Å². The number of carbonyl (C=O) groups excluding carboxylic acids is 2. The average molecular weight is 441 g/mol. The maximum Gasteiger partial charge on any atom is 0.332 e. The molecule has 1 aliphatic carbocycles. The van der Waals surface area contributed by atoms with Crippen molar-refractivity contribution in [2.24, 2.45) is 11.8 Å². The maximum absolute atomic E-state index is 12.9. The minimum absolute atomic E-state index is 0.00993. The molecular weight excluding hydrogens is 408 g/mol. The number of esters is 2. The Balaban J connectivity index is 1.68. The summed E-state index contributed by atoms with van der Waals surface area (Å²) in [5.74, 6) is -1.08. The first-order chi connectivity index (χ1) is 15.2. The minimum Gasteiger partial charge on any atom is -0.457 e. The second-order valence-corrected chi connectivity index (χ2v) is 9.62. The maximum atomic E-state index is 12.9. The van der Waals surface area contributed by atoms with Gasteiger partial charge in [0.05, 0.1) is 0 Å². The van der Waals surface area contributed by atoms with Crippen LogP contribution in [0.2, 0.25) is 0 Å². The monoisotopic (exact) mass is 440 g/mol. The summed E-state index contributed by atoms with van der Waals surface area (Å²) in [6, 6.07) is 9.60. The molecule has 1 N–H and O–H groups in total. The number of aliphatic hydroxyl groups is 1. The van der Waals surface area contributed by atoms with Crippen molar-refractivity contribution in [3.8, 4) is 0 Å². The smallest absolute Gasteiger partial charge is 0.332 e. The summed E-state index contributed by atoms with van der Waals surface area (Å²) < 4.78 is 18.5. The lowest BCUT2D eigenvalue weighted by Gasteiger charge is -2.50. The van der Waals surface area contributed by atoms with E-state index in [9.17, 15) is 14.7 Å². The van der Waals surface area contributed by atoms with Crippen LogP contribution < -0.4 is 0 Å². The van der Waals surface area contributed by atoms with Crippen LogP contribution in [0.25, 0.3) is 6.08 Å². The van der Waals surface area contributed by atoms with Crippen LogP contribution in [0.4, 0.5) is 0 Å². The summed E-state index contributed by atoms with van der Waals surface area (Å²) >= 11 is 0. The largest absolute Gasteiger partial charge is 0.457 e. The van der Waals surface area contributed by atoms with E-state index in [1.54, 1.807) is 6.08 Å². The molecule has 0 saturated carbocycles. The zero-order chi connectivity index (χ0) is 23.1. The van der Waals surface area contributed by atoms with Gasteiger partial charge in [-0.3, -0.25) is 0 Å². The topological polar surface area (TPSA) is 82.1 Å². The first-order valence-corrected chi connectivity index (χ1v) is 11.3. The fourth-order valence-electron chi connectivity index (χ4n) is 5.75. The highest BCUT2D eigenvalue weighted by Crippen LogP contribution is 2.61. The molecule has 2 bridgehead atoms. The second-order valence-electron chi connectivity index (χ2n) is 9.62. The molecule has 0 aromatic heterocycles. The molecule has 6 heteroatoms. The number of hydrogen-bond acceptors (Lipinski definition) is 6. The molecule has 5 atom stereocenters. The Bertz CT molecular complexity index is 948. The summed E-state index contributed by atoms with van der Waals surface area (Å²) in [5, 5.41) is 9.24. The third-order valence-corrected chi connectivity index (χ3v) is 7.47. The van der Waals surface area contributed by atoms with Gasteiger partial charge in [-0.05, 0) is 49.8 Å². The number of carbonyl (C=O) groups is 2. The van der Waals surface area contributed by atoms with Gasteiger partial charge in [0.1, 0.15) is 23.9 Å². The van der Waals surface area contributed by atoms with Gasteiger partial charge in [0.15, 0.2) is 6.10 Å². The standard InChI is InChI=1S/C26H32O6/c1-16(2)26-14-20(30-22(29)15-27)25(4,32-26)19-12-10-17(3)23(19)24(26)31-21(28)13-11-18-8-6-5-7-9-18/h5-9,11,13,16,19-20,24,27H,10,12,14-15H2,1-4H3/b13-11+/t19-,20-,24+,25+,26-/m1/s1. The number of aliphatic hydroxyl groups excluding tert-OH is 1. The van der Waals surface area contributed by atoms with E-state index in [4.69, 9.17) is 14.2 Å². The Labute approximate surface area is 189 Å². The third-order valence-electron chi connectivity index (χ3n) is 7.47. The number of rotatable bonds is 6. The molecule has 2 fully saturated rings. The van der Waals surface area contributed by atoms with E-state index in [2.05, 4.69) is 6.92 Å². The van der Waals surface area contributed by atoms with Crippen molar-refractivity contribution in [1.82, 2.24) is 0 Å². The molecule has 0 radical (unpaired) electrons. The Morgan fingerprint density at radius 3 is 2.62 bits per heavy atom. The number of benzene rings is 1. The van der Waals surface area contributed by atoms with Gasteiger partial charge < -0.3 is 19.3 Å². The van der Waals surface area contributed by atoms with E-state index in [1.807, 2.05) is 51.1 Å². The number of fused-ring (bicyclic) bond motifs is 4. The van der Waals surface area contributed by atoms with Gasteiger partial charge in [0, 0.05) is 18.4 Å². The van der Waals surface area contributed by atoms with Crippen LogP contribution in [0.5, 0.6) is 0 Å². The number of hydrogen-bond donors (Lipinski definition) is 1. The molecule has 6 nitrogen and oxygen atoms in total. The molecule has 1 aromatic rings. The van der Waals surface area contributed by atoms with Crippen LogP contribution in [0.15, 0.2) is 47.6 Å². The fraction of sp³-hybridized carbons (Fsp3) is 0.538. The highest BCUT2D eigenvalue weighted by Gasteiger charge is 2.70. The average Bonchev–Trinajstić information content (AvgIpc) is 3.28. The molecule has 2 aliphatic heterocycles. The van der Waals surface area contributed by atoms with Crippen molar-refractivity contribution in [3.63, 3.8) is 0 Å². The predicted molar refractivity (Wildman–Crippen MR) is 119 cm³/mol. The van der Waals surface area contributed by atoms with Gasteiger partial charge in [0.2, 0.25) is 0 Å². The molecule has 1 aromatic carbocycles. The predicted octanol–water partition coefficient (Wildman–Crippen LogP) is 3.83. The van der Waals surface area contributed by atoms with E-state index in [-0.39, 0.29) is 11.8 Å². The van der Waals surface area contributed by atoms with Gasteiger partial charge in [0.25, 0.3) is 0 Å². The first-order valence-electron chi connectivity index (χ1n) is 11.3. The zero-order valence-corrected chi connectivity index (χ0v) is 19.2. The van der Waals surface area contributed by atoms with Crippen molar-refractivity contribution >= 4 is 18.0 Å². The molecule has 32 heavy (non-hydrogen) atoms. The Morgan fingerprint density at radius 1 is 1.25 bits per heavy atom. The molecule has 2 saturated heterocycles. The Hall–Kier alpha value is -2.44. The lowest BCUT2D eigenvalue weighted by molar-refractivity contribution is -0.223. The van der Waals surface area contributed by atoms with Gasteiger partial charge >= 0.3 is 11.9 Å². The number of ether oxygens (including phenoxy) is 3. The van der Waals surface area contributed by atoms with E-state index < -0.39 is 42.0 Å². The molecular formula is C26H32O6. The van der Waals surface area contributed by atoms with E-state index in [0.29, 0.717) is 6.42 Å². The minimum atomic E-state index is -0.803. The fourth-order valence-corrected chi connectivity index (χ4v) is 5.75. The van der Waals surface area contributed by atoms with Gasteiger partial charge in [-0.15, -0.1) is 0 Å². The normalized spacial score (nSPS) is 33.6. The Morgan fingerprint density at radius 2 is 1.97 bits per heavy atom. The van der Waals surface area contributed by atoms with Gasteiger partial charge in [-0.1, -0.05) is 49.8 Å². The Kier molecular flexibility index (Phi) is 6.03. The third kappa shape index (κ3) is 3.69. The second kappa shape index (κ2) is 8.49. The summed E-state index contributed by atoms with van der Waals surface area (Å²) in [6.07, 6.45) is 4.30. The summed E-state index contributed by atoms with van der Waals surface area (Å²) in [6.45, 7) is 7.50.